The van der Waals surface area contributed by atoms with E-state index >= 15 is 0 Å². The fraction of sp³-hybridized carbons (Fsp3) is 0.545. The molecule has 1 saturated heterocycles. The molecule has 0 saturated carbocycles. The van der Waals surface area contributed by atoms with E-state index in [1.165, 1.54) is 18.2 Å². The highest BCUT2D eigenvalue weighted by Crippen LogP contribution is 2.32. The van der Waals surface area contributed by atoms with Gasteiger partial charge in [0.25, 0.3) is 0 Å². The van der Waals surface area contributed by atoms with Gasteiger partial charge in [-0.05, 0) is 36.3 Å². The summed E-state index contributed by atoms with van der Waals surface area (Å²) in [6.45, 7) is 5.38. The quantitative estimate of drug-likeness (QED) is 0.669. The molecule has 3 N–H and O–H groups in total. The Hall–Kier alpha value is -2.91. The molecule has 0 bridgehead atoms. The largest absolute Gasteiger partial charge is 0.416 e. The summed E-state index contributed by atoms with van der Waals surface area (Å²) in [4.78, 5) is 27.3. The molecule has 10 heteroatoms. The van der Waals surface area contributed by atoms with E-state index in [1.807, 2.05) is 4.90 Å². The predicted octanol–water partition coefficient (Wildman–Crippen LogP) is 3.59. The van der Waals surface area contributed by atoms with Crippen LogP contribution in [-0.4, -0.2) is 33.9 Å². The Morgan fingerprint density at radius 3 is 2.53 bits per heavy atom. The lowest BCUT2D eigenvalue weighted by atomic mass is 9.93. The molecule has 1 aliphatic rings. The first-order valence-electron chi connectivity index (χ1n) is 10.8. The van der Waals surface area contributed by atoms with Crippen LogP contribution in [0.2, 0.25) is 0 Å². The Labute approximate surface area is 185 Å². The molecular formula is C22H29F3N6O. The van der Waals surface area contributed by atoms with Crippen molar-refractivity contribution in [2.75, 3.05) is 23.7 Å². The van der Waals surface area contributed by atoms with E-state index in [1.54, 1.807) is 0 Å². The molecule has 2 heterocycles. The van der Waals surface area contributed by atoms with E-state index in [0.29, 0.717) is 37.2 Å². The zero-order chi connectivity index (χ0) is 23.3. The van der Waals surface area contributed by atoms with Crippen molar-refractivity contribution in [2.24, 2.45) is 11.8 Å². The Bertz CT molecular complexity index is 926. The number of rotatable bonds is 7. The molecule has 2 aromatic rings. The molecule has 0 aliphatic carbocycles. The standard InChI is InChI=1S/C22H29F3N6O/c1-14(2)11-18-28-20(26)30-21(29-18)31-9-7-15(8-10-31)12-19(32)27-13-16-5-3-4-6-17(16)22(23,24)25/h3-6,14-15H,7-13H2,1-2H3,(H,27,32)(H2,26,28,29,30). The van der Waals surface area contributed by atoms with Crippen LogP contribution in [-0.2, 0) is 23.9 Å². The predicted molar refractivity (Wildman–Crippen MR) is 116 cm³/mol. The number of carbonyl (C=O) groups is 1. The number of nitrogens with one attached hydrogen (secondary N) is 1. The number of hydrogen-bond acceptors (Lipinski definition) is 6. The van der Waals surface area contributed by atoms with Gasteiger partial charge in [0.05, 0.1) is 5.56 Å². The molecule has 32 heavy (non-hydrogen) atoms. The summed E-state index contributed by atoms with van der Waals surface area (Å²) in [6.07, 6.45) is -1.93. The van der Waals surface area contributed by atoms with Crippen LogP contribution in [0.15, 0.2) is 24.3 Å². The molecule has 174 valence electrons. The highest BCUT2D eigenvalue weighted by Gasteiger charge is 2.33. The van der Waals surface area contributed by atoms with Gasteiger partial charge in [0.2, 0.25) is 17.8 Å². The maximum Gasteiger partial charge on any atom is 0.416 e. The first-order chi connectivity index (χ1) is 15.1. The second kappa shape index (κ2) is 10.1. The molecule has 1 aromatic carbocycles. The molecule has 1 amide bonds. The molecule has 0 radical (unpaired) electrons. The highest BCUT2D eigenvalue weighted by molar-refractivity contribution is 5.76. The summed E-state index contributed by atoms with van der Waals surface area (Å²) in [5, 5.41) is 2.63. The minimum Gasteiger partial charge on any atom is -0.368 e. The van der Waals surface area contributed by atoms with Gasteiger partial charge in [0.15, 0.2) is 0 Å². The third kappa shape index (κ3) is 6.54. The summed E-state index contributed by atoms with van der Waals surface area (Å²) in [6, 6.07) is 5.29. The van der Waals surface area contributed by atoms with Crippen molar-refractivity contribution in [3.8, 4) is 0 Å². The average molecular weight is 451 g/mol. The molecule has 0 spiro atoms. The number of aromatic nitrogens is 3. The topological polar surface area (TPSA) is 97.0 Å². The van der Waals surface area contributed by atoms with Crippen LogP contribution in [0, 0.1) is 11.8 Å². The molecule has 7 nitrogen and oxygen atoms in total. The van der Waals surface area contributed by atoms with E-state index in [2.05, 4.69) is 34.1 Å². The summed E-state index contributed by atoms with van der Waals surface area (Å²) < 4.78 is 39.3. The van der Waals surface area contributed by atoms with Crippen LogP contribution in [0.1, 0.15) is 50.1 Å². The fourth-order valence-electron chi connectivity index (χ4n) is 3.84. The van der Waals surface area contributed by atoms with E-state index in [0.717, 1.165) is 18.9 Å². The number of amides is 1. The van der Waals surface area contributed by atoms with Crippen molar-refractivity contribution in [1.29, 1.82) is 0 Å². The number of piperidine rings is 1. The number of nitrogens with zero attached hydrogens (tertiary/aromatic N) is 4. The van der Waals surface area contributed by atoms with Crippen molar-refractivity contribution in [3.05, 3.63) is 41.2 Å². The van der Waals surface area contributed by atoms with Crippen molar-refractivity contribution < 1.29 is 18.0 Å². The Kier molecular flexibility index (Phi) is 7.52. The van der Waals surface area contributed by atoms with Crippen molar-refractivity contribution in [3.63, 3.8) is 0 Å². The summed E-state index contributed by atoms with van der Waals surface area (Å²) in [5.41, 5.74) is 5.18. The minimum absolute atomic E-state index is 0.0628. The van der Waals surface area contributed by atoms with Crippen LogP contribution >= 0.6 is 0 Å². The Morgan fingerprint density at radius 1 is 1.19 bits per heavy atom. The number of halogens is 3. The maximum atomic E-state index is 13.1. The fourth-order valence-corrected chi connectivity index (χ4v) is 3.84. The van der Waals surface area contributed by atoms with Gasteiger partial charge in [-0.2, -0.15) is 28.1 Å². The number of hydrogen-bond donors (Lipinski definition) is 2. The zero-order valence-electron chi connectivity index (χ0n) is 18.3. The molecule has 3 rings (SSSR count). The summed E-state index contributed by atoms with van der Waals surface area (Å²) >= 11 is 0. The molecular weight excluding hydrogens is 421 g/mol. The SMILES string of the molecule is CC(C)Cc1nc(N)nc(N2CCC(CC(=O)NCc3ccccc3C(F)(F)F)CC2)n1. The lowest BCUT2D eigenvalue weighted by molar-refractivity contribution is -0.138. The van der Waals surface area contributed by atoms with E-state index in [9.17, 15) is 18.0 Å². The zero-order valence-corrected chi connectivity index (χ0v) is 18.3. The van der Waals surface area contributed by atoms with Crippen LogP contribution < -0.4 is 16.0 Å². The second-order valence-corrected chi connectivity index (χ2v) is 8.57. The third-order valence-electron chi connectivity index (χ3n) is 5.45. The lowest BCUT2D eigenvalue weighted by Gasteiger charge is -2.32. The number of benzene rings is 1. The van der Waals surface area contributed by atoms with Gasteiger partial charge in [-0.3, -0.25) is 4.79 Å². The van der Waals surface area contributed by atoms with Crippen LogP contribution in [0.3, 0.4) is 0 Å². The molecule has 1 aliphatic heterocycles. The molecule has 1 aromatic heterocycles. The van der Waals surface area contributed by atoms with Crippen LogP contribution in [0.5, 0.6) is 0 Å². The van der Waals surface area contributed by atoms with Gasteiger partial charge in [0, 0.05) is 32.5 Å². The summed E-state index contributed by atoms with van der Waals surface area (Å²) in [5.74, 6) is 1.73. The summed E-state index contributed by atoms with van der Waals surface area (Å²) in [7, 11) is 0. The van der Waals surface area contributed by atoms with Crippen LogP contribution in [0.4, 0.5) is 25.1 Å². The first-order valence-corrected chi connectivity index (χ1v) is 10.8. The first kappa shape index (κ1) is 23.7. The van der Waals surface area contributed by atoms with Gasteiger partial charge >= 0.3 is 6.18 Å². The number of alkyl halides is 3. The van der Waals surface area contributed by atoms with Gasteiger partial charge in [-0.15, -0.1) is 0 Å². The maximum absolute atomic E-state index is 13.1. The second-order valence-electron chi connectivity index (χ2n) is 8.57. The smallest absolute Gasteiger partial charge is 0.368 e. The average Bonchev–Trinajstić information content (AvgIpc) is 2.71. The number of anilines is 2. The lowest BCUT2D eigenvalue weighted by Crippen LogP contribution is -2.37. The highest BCUT2D eigenvalue weighted by atomic mass is 19.4. The normalized spacial score (nSPS) is 15.2. The Balaban J connectivity index is 1.50. The number of nitrogens with two attached hydrogens (primary N) is 1. The van der Waals surface area contributed by atoms with E-state index in [4.69, 9.17) is 5.73 Å². The van der Waals surface area contributed by atoms with Crippen LogP contribution in [0.25, 0.3) is 0 Å². The number of carbonyl (C=O) groups excluding carboxylic acids is 1. The molecule has 0 unspecified atom stereocenters. The monoisotopic (exact) mass is 450 g/mol. The van der Waals surface area contributed by atoms with E-state index in [-0.39, 0.29) is 36.3 Å². The molecule has 0 atom stereocenters. The molecule has 1 fully saturated rings. The van der Waals surface area contributed by atoms with Gasteiger partial charge in [0.1, 0.15) is 5.82 Å². The third-order valence-corrected chi connectivity index (χ3v) is 5.45. The minimum atomic E-state index is -4.44. The number of nitrogen functional groups attached to an aromatic ring is 1. The van der Waals surface area contributed by atoms with Gasteiger partial charge < -0.3 is 16.0 Å². The van der Waals surface area contributed by atoms with Crippen molar-refractivity contribution in [2.45, 2.75) is 52.3 Å². The van der Waals surface area contributed by atoms with Crippen molar-refractivity contribution >= 4 is 17.8 Å². The van der Waals surface area contributed by atoms with Gasteiger partial charge in [-0.25, -0.2) is 0 Å². The van der Waals surface area contributed by atoms with Crippen molar-refractivity contribution in [1.82, 2.24) is 20.3 Å². The van der Waals surface area contributed by atoms with Gasteiger partial charge in [-0.1, -0.05) is 32.0 Å². The van der Waals surface area contributed by atoms with E-state index < -0.39 is 11.7 Å². The Morgan fingerprint density at radius 2 is 1.88 bits per heavy atom.